The maximum atomic E-state index is 5.17. The Morgan fingerprint density at radius 1 is 1.47 bits per heavy atom. The molecular weight excluding hydrogens is 210 g/mol. The van der Waals surface area contributed by atoms with Crippen LogP contribution >= 0.6 is 11.8 Å². The van der Waals surface area contributed by atoms with Crippen LogP contribution in [0.1, 0.15) is 5.56 Å². The predicted molar refractivity (Wildman–Crippen MR) is 60.8 cm³/mol. The summed E-state index contributed by atoms with van der Waals surface area (Å²) in [5, 5.41) is 0.619. The number of nitrogens with one attached hydrogen (secondary N) is 1. The van der Waals surface area contributed by atoms with E-state index in [1.165, 1.54) is 10.5 Å². The molecule has 1 aliphatic rings. The number of rotatable bonds is 5. The minimum Gasteiger partial charge on any atom is -0.379 e. The monoisotopic (exact) mass is 225 g/mol. The first-order chi connectivity index (χ1) is 7.40. The number of hydrogen-bond acceptors (Lipinski definition) is 4. The second kappa shape index (κ2) is 5.51. The maximum Gasteiger partial charge on any atom is 0.0611 e. The van der Waals surface area contributed by atoms with Crippen LogP contribution in [0.4, 0.5) is 0 Å². The van der Waals surface area contributed by atoms with E-state index in [1.807, 2.05) is 17.8 Å². The number of benzene rings is 1. The Morgan fingerprint density at radius 3 is 2.93 bits per heavy atom. The Morgan fingerprint density at radius 2 is 2.27 bits per heavy atom. The van der Waals surface area contributed by atoms with E-state index in [-0.39, 0.29) is 0 Å². The van der Waals surface area contributed by atoms with Crippen molar-refractivity contribution in [2.45, 2.75) is 16.7 Å². The zero-order valence-corrected chi connectivity index (χ0v) is 9.55. The van der Waals surface area contributed by atoms with Crippen molar-refractivity contribution < 1.29 is 9.57 Å². The quantitative estimate of drug-likeness (QED) is 0.774. The van der Waals surface area contributed by atoms with E-state index in [2.05, 4.69) is 23.7 Å². The Labute approximate surface area is 94.1 Å². The highest BCUT2D eigenvalue weighted by Gasteiger charge is 2.20. The van der Waals surface area contributed by atoms with Gasteiger partial charge in [0.1, 0.15) is 0 Å². The summed E-state index contributed by atoms with van der Waals surface area (Å²) in [5.74, 6) is 0. The molecule has 0 atom stereocenters. The summed E-state index contributed by atoms with van der Waals surface area (Å²) < 4.78 is 5.17. The highest BCUT2D eigenvalue weighted by atomic mass is 32.2. The van der Waals surface area contributed by atoms with Gasteiger partial charge in [-0.05, 0) is 11.6 Å². The molecule has 0 saturated carbocycles. The summed E-state index contributed by atoms with van der Waals surface area (Å²) >= 11 is 1.89. The van der Waals surface area contributed by atoms with Crippen molar-refractivity contribution in [3.05, 3.63) is 29.8 Å². The molecule has 1 aromatic rings. The summed E-state index contributed by atoms with van der Waals surface area (Å²) in [4.78, 5) is 6.18. The first-order valence-electron chi connectivity index (χ1n) is 4.98. The summed E-state index contributed by atoms with van der Waals surface area (Å²) in [6, 6.07) is 8.38. The fourth-order valence-electron chi connectivity index (χ4n) is 1.38. The molecule has 0 aromatic heterocycles. The second-order valence-corrected chi connectivity index (χ2v) is 4.75. The Hall–Kier alpha value is -0.550. The van der Waals surface area contributed by atoms with Gasteiger partial charge < -0.3 is 9.57 Å². The molecule has 4 heteroatoms. The average Bonchev–Trinajstić information content (AvgIpc) is 2.22. The molecule has 0 radical (unpaired) electrons. The highest BCUT2D eigenvalue weighted by molar-refractivity contribution is 8.00. The molecule has 0 aliphatic carbocycles. The number of ether oxygens (including phenoxy) is 1. The minimum atomic E-state index is 0.619. The van der Waals surface area contributed by atoms with Gasteiger partial charge in [-0.3, -0.25) is 0 Å². The Kier molecular flexibility index (Phi) is 4.02. The highest BCUT2D eigenvalue weighted by Crippen LogP contribution is 2.30. The lowest BCUT2D eigenvalue weighted by Gasteiger charge is -2.26. The van der Waals surface area contributed by atoms with Gasteiger partial charge in [-0.15, -0.1) is 11.8 Å². The van der Waals surface area contributed by atoms with Gasteiger partial charge in [-0.25, -0.2) is 0 Å². The van der Waals surface area contributed by atoms with Gasteiger partial charge in [0.25, 0.3) is 0 Å². The molecule has 0 amide bonds. The van der Waals surface area contributed by atoms with Crippen molar-refractivity contribution >= 4 is 11.8 Å². The van der Waals surface area contributed by atoms with Gasteiger partial charge in [0.2, 0.25) is 0 Å². The number of thioether (sulfide) groups is 1. The zero-order valence-electron chi connectivity index (χ0n) is 8.73. The van der Waals surface area contributed by atoms with E-state index < -0.39 is 0 Å². The normalized spacial score (nSPS) is 16.3. The smallest absolute Gasteiger partial charge is 0.0611 e. The maximum absolute atomic E-state index is 5.17. The molecule has 2 rings (SSSR count). The molecule has 0 bridgehead atoms. The lowest BCUT2D eigenvalue weighted by Crippen LogP contribution is -2.30. The van der Waals surface area contributed by atoms with Gasteiger partial charge >= 0.3 is 0 Å². The number of hydroxylamine groups is 1. The van der Waals surface area contributed by atoms with E-state index in [0.717, 1.165) is 19.8 Å². The molecule has 1 aromatic carbocycles. The van der Waals surface area contributed by atoms with Crippen molar-refractivity contribution in [3.8, 4) is 0 Å². The number of hydrogen-bond donors (Lipinski definition) is 1. The van der Waals surface area contributed by atoms with Gasteiger partial charge in [0, 0.05) is 11.4 Å². The van der Waals surface area contributed by atoms with Gasteiger partial charge in [0.15, 0.2) is 0 Å². The average molecular weight is 225 g/mol. The van der Waals surface area contributed by atoms with E-state index in [1.54, 1.807) is 7.11 Å². The molecule has 1 saturated heterocycles. The van der Waals surface area contributed by atoms with Crippen LogP contribution in [0.25, 0.3) is 0 Å². The molecular formula is C11H15NO2S. The molecule has 15 heavy (non-hydrogen) atoms. The largest absolute Gasteiger partial charge is 0.379 e. The zero-order chi connectivity index (χ0) is 10.5. The molecule has 1 fully saturated rings. The third-order valence-corrected chi connectivity index (χ3v) is 3.54. The molecule has 0 spiro atoms. The van der Waals surface area contributed by atoms with Crippen LogP contribution in [-0.2, 0) is 16.1 Å². The van der Waals surface area contributed by atoms with Crippen LogP contribution in [-0.4, -0.2) is 25.6 Å². The lowest BCUT2D eigenvalue weighted by molar-refractivity contribution is 0.0455. The van der Waals surface area contributed by atoms with Crippen LogP contribution in [0.3, 0.4) is 0 Å². The molecule has 1 aliphatic heterocycles. The molecule has 3 nitrogen and oxygen atoms in total. The Balaban J connectivity index is 1.99. The molecule has 1 heterocycles. The van der Waals surface area contributed by atoms with Crippen molar-refractivity contribution in [3.63, 3.8) is 0 Å². The van der Waals surface area contributed by atoms with E-state index in [4.69, 9.17) is 9.57 Å². The van der Waals surface area contributed by atoms with Crippen molar-refractivity contribution in [1.82, 2.24) is 5.48 Å². The first kappa shape index (κ1) is 11.0. The van der Waals surface area contributed by atoms with E-state index in [9.17, 15) is 0 Å². The van der Waals surface area contributed by atoms with Crippen molar-refractivity contribution in [2.75, 3.05) is 20.3 Å². The summed E-state index contributed by atoms with van der Waals surface area (Å²) in [7, 11) is 1.63. The van der Waals surface area contributed by atoms with E-state index >= 15 is 0 Å². The van der Waals surface area contributed by atoms with E-state index in [0.29, 0.717) is 5.25 Å². The lowest BCUT2D eigenvalue weighted by atomic mass is 10.2. The summed E-state index contributed by atoms with van der Waals surface area (Å²) in [6.07, 6.45) is 0. The van der Waals surface area contributed by atoms with Gasteiger partial charge in [-0.1, -0.05) is 18.2 Å². The van der Waals surface area contributed by atoms with Crippen LogP contribution in [0.15, 0.2) is 29.2 Å². The third-order valence-electron chi connectivity index (χ3n) is 2.28. The van der Waals surface area contributed by atoms with Gasteiger partial charge in [0.05, 0.1) is 25.6 Å². The SMILES string of the molecule is CONCc1ccccc1SC1COC1. The summed E-state index contributed by atoms with van der Waals surface area (Å²) in [5.41, 5.74) is 4.14. The molecule has 82 valence electrons. The standard InChI is InChI=1S/C11H15NO2S/c1-13-12-6-9-4-2-3-5-11(9)15-10-7-14-8-10/h2-5,10,12H,6-8H2,1H3. The second-order valence-electron chi connectivity index (χ2n) is 3.41. The van der Waals surface area contributed by atoms with Crippen molar-refractivity contribution in [2.24, 2.45) is 0 Å². The van der Waals surface area contributed by atoms with Crippen LogP contribution < -0.4 is 5.48 Å². The van der Waals surface area contributed by atoms with Crippen LogP contribution in [0, 0.1) is 0 Å². The van der Waals surface area contributed by atoms with Gasteiger partial charge in [-0.2, -0.15) is 5.48 Å². The topological polar surface area (TPSA) is 30.5 Å². The van der Waals surface area contributed by atoms with Crippen LogP contribution in [0.5, 0.6) is 0 Å². The fraction of sp³-hybridized carbons (Fsp3) is 0.455. The molecule has 0 unspecified atom stereocenters. The minimum absolute atomic E-state index is 0.619. The third kappa shape index (κ3) is 2.95. The first-order valence-corrected chi connectivity index (χ1v) is 5.86. The van der Waals surface area contributed by atoms with Crippen molar-refractivity contribution in [1.29, 1.82) is 0 Å². The fourth-order valence-corrected chi connectivity index (χ4v) is 2.51. The molecule has 1 N–H and O–H groups in total. The summed E-state index contributed by atoms with van der Waals surface area (Å²) in [6.45, 7) is 2.49. The Bertz CT molecular complexity index is 315. The van der Waals surface area contributed by atoms with Crippen LogP contribution in [0.2, 0.25) is 0 Å². The predicted octanol–water partition coefficient (Wildman–Crippen LogP) is 1.83.